The van der Waals surface area contributed by atoms with Gasteiger partial charge in [-0.25, -0.2) is 4.57 Å². The molecule has 0 saturated carbocycles. The van der Waals surface area contributed by atoms with Crippen molar-refractivity contribution in [3.8, 4) is 0 Å². The molecule has 0 aliphatic carbocycles. The molecule has 2 unspecified atom stereocenters. The summed E-state index contributed by atoms with van der Waals surface area (Å²) in [6, 6.07) is 0. The zero-order chi connectivity index (χ0) is 74.3. The summed E-state index contributed by atoms with van der Waals surface area (Å²) in [5, 5.41) is 0. The van der Waals surface area contributed by atoms with E-state index in [9.17, 15) is 19.0 Å². The number of ether oxygens (including phenoxy) is 2. The number of esters is 2. The maximum absolute atomic E-state index is 12.8. The summed E-state index contributed by atoms with van der Waals surface area (Å²) in [4.78, 5) is 35.5. The first kappa shape index (κ1) is 99.2. The number of carbonyl (C=O) groups is 2. The fraction of sp³-hybridized carbons (Fsp3) is 0.742. The van der Waals surface area contributed by atoms with Crippen molar-refractivity contribution >= 4 is 19.8 Å². The Hall–Kier alpha value is -3.85. The Morgan fingerprint density at radius 3 is 0.748 bits per heavy atom. The lowest BCUT2D eigenvalue weighted by molar-refractivity contribution is -0.161. The van der Waals surface area contributed by atoms with E-state index < -0.39 is 26.5 Å². The fourth-order valence-electron chi connectivity index (χ4n) is 12.7. The highest BCUT2D eigenvalue weighted by Gasteiger charge is 2.26. The molecule has 2 atom stereocenters. The largest absolute Gasteiger partial charge is 0.472 e. The lowest BCUT2D eigenvalue weighted by Crippen LogP contribution is -2.29. The van der Waals surface area contributed by atoms with Gasteiger partial charge < -0.3 is 20.1 Å². The van der Waals surface area contributed by atoms with Crippen molar-refractivity contribution in [1.82, 2.24) is 0 Å². The number of phosphoric ester groups is 1. The molecule has 0 rings (SSSR count). The van der Waals surface area contributed by atoms with Crippen LogP contribution >= 0.6 is 7.82 Å². The summed E-state index contributed by atoms with van der Waals surface area (Å²) in [6.45, 7) is 3.57. The van der Waals surface area contributed by atoms with E-state index in [4.69, 9.17) is 24.3 Å². The number of rotatable bonds is 82. The molecular weight excluding hydrogens is 1290 g/mol. The number of phosphoric acid groups is 1. The molecule has 0 fully saturated rings. The second-order valence-electron chi connectivity index (χ2n) is 29.0. The highest BCUT2D eigenvalue weighted by Crippen LogP contribution is 2.43. The van der Waals surface area contributed by atoms with Crippen molar-refractivity contribution in [2.24, 2.45) is 5.73 Å². The maximum atomic E-state index is 12.8. The lowest BCUT2D eigenvalue weighted by atomic mass is 10.0. The Kier molecular flexibility index (Phi) is 83.8. The van der Waals surface area contributed by atoms with Crippen molar-refractivity contribution in [2.75, 3.05) is 26.4 Å². The summed E-state index contributed by atoms with van der Waals surface area (Å²) in [5.41, 5.74) is 5.42. The van der Waals surface area contributed by atoms with E-state index in [1.165, 1.54) is 276 Å². The van der Waals surface area contributed by atoms with Crippen LogP contribution in [0.15, 0.2) is 134 Å². The molecule has 0 bridgehead atoms. The average Bonchev–Trinajstić information content (AvgIpc) is 0.970. The van der Waals surface area contributed by atoms with E-state index in [1.807, 2.05) is 0 Å². The van der Waals surface area contributed by atoms with Crippen LogP contribution in [0.5, 0.6) is 0 Å². The molecule has 0 radical (unpaired) electrons. The van der Waals surface area contributed by atoms with Crippen LogP contribution in [0, 0.1) is 0 Å². The first-order chi connectivity index (χ1) is 50.8. The van der Waals surface area contributed by atoms with Gasteiger partial charge in [0.15, 0.2) is 6.10 Å². The molecule has 594 valence electrons. The highest BCUT2D eigenvalue weighted by atomic mass is 31.2. The van der Waals surface area contributed by atoms with Crippen LogP contribution in [0.25, 0.3) is 0 Å². The van der Waals surface area contributed by atoms with E-state index in [-0.39, 0.29) is 38.6 Å². The van der Waals surface area contributed by atoms with Crippen LogP contribution in [0.1, 0.15) is 412 Å². The van der Waals surface area contributed by atoms with Gasteiger partial charge in [0.1, 0.15) is 6.61 Å². The second kappa shape index (κ2) is 87.1. The van der Waals surface area contributed by atoms with E-state index in [0.29, 0.717) is 6.42 Å². The van der Waals surface area contributed by atoms with Crippen LogP contribution in [0.3, 0.4) is 0 Å². The van der Waals surface area contributed by atoms with E-state index in [1.54, 1.807) is 0 Å². The summed E-state index contributed by atoms with van der Waals surface area (Å²) < 4.78 is 33.3. The number of allylic oxidation sites excluding steroid dienone is 22. The summed E-state index contributed by atoms with van der Waals surface area (Å²) >= 11 is 0. The SMILES string of the molecule is CC/C=C\C/C=C\C/C=C\C/C=C\C/C=C\C/C=C\CCCCCCCCCCCCCCCCCCCCCCCCC(=O)OC(COC(=O)CCCCCCCCCCCCCCCCCCCCCCCCCCC/C=C\C/C=C\C/C=C\C/C=C\C/C=C\CC)COP(=O)(O)OCCN. The third-order valence-electron chi connectivity index (χ3n) is 19.0. The molecule has 3 N–H and O–H groups in total. The molecule has 0 aliphatic rings. The van der Waals surface area contributed by atoms with Crippen molar-refractivity contribution in [3.63, 3.8) is 0 Å². The van der Waals surface area contributed by atoms with Gasteiger partial charge in [0, 0.05) is 19.4 Å². The second-order valence-corrected chi connectivity index (χ2v) is 30.5. The smallest absolute Gasteiger partial charge is 0.462 e. The van der Waals surface area contributed by atoms with Gasteiger partial charge in [-0.15, -0.1) is 0 Å². The lowest BCUT2D eigenvalue weighted by Gasteiger charge is -2.19. The fourth-order valence-corrected chi connectivity index (χ4v) is 13.4. The molecule has 0 aromatic carbocycles. The zero-order valence-electron chi connectivity index (χ0n) is 67.3. The molecule has 0 saturated heterocycles. The Morgan fingerprint density at radius 1 is 0.291 bits per heavy atom. The van der Waals surface area contributed by atoms with Gasteiger partial charge in [-0.05, 0) is 109 Å². The minimum Gasteiger partial charge on any atom is -0.462 e. The molecule has 103 heavy (non-hydrogen) atoms. The average molecular weight is 1460 g/mol. The van der Waals surface area contributed by atoms with E-state index >= 15 is 0 Å². The Balaban J connectivity index is 3.74. The predicted octanol–water partition coefficient (Wildman–Crippen LogP) is 29.9. The normalized spacial score (nSPS) is 13.5. The number of hydrogen-bond acceptors (Lipinski definition) is 8. The Bertz CT molecular complexity index is 2170. The Labute approximate surface area is 637 Å². The third-order valence-corrected chi connectivity index (χ3v) is 20.0. The zero-order valence-corrected chi connectivity index (χ0v) is 68.2. The van der Waals surface area contributed by atoms with Gasteiger partial charge in [0.2, 0.25) is 0 Å². The molecular formula is C93H164NO8P. The molecule has 10 heteroatoms. The summed E-state index contributed by atoms with van der Waals surface area (Å²) in [7, 11) is -4.40. The molecule has 9 nitrogen and oxygen atoms in total. The van der Waals surface area contributed by atoms with Gasteiger partial charge in [0.25, 0.3) is 0 Å². The molecule has 0 spiro atoms. The van der Waals surface area contributed by atoms with Gasteiger partial charge in [-0.1, -0.05) is 424 Å². The standard InChI is InChI=1S/C93H164NO8P/c1-3-5-7-9-11-13-15-17-19-21-23-25-27-29-31-33-35-37-39-41-43-45-47-49-51-53-55-57-59-61-63-65-67-69-71-73-75-77-79-81-83-85-92(95)99-89-91(90-101-103(97,98)100-88-87-94)102-93(96)86-84-82-80-78-76-74-72-70-68-66-64-62-60-58-56-54-52-50-48-46-44-42-40-38-36-34-32-30-28-26-24-22-20-18-16-14-12-10-8-6-4-2/h5-8,11-14,17-20,23-26,29-32,36,38,91H,3-4,9-10,15-16,21-22,27-28,33-35,37,39-90,94H2,1-2H3,(H,97,98)/b7-5-,8-6-,13-11-,14-12-,19-17-,20-18-,25-23-,26-24-,31-29-,32-30-,38-36-. The molecule has 0 aliphatic heterocycles. The van der Waals surface area contributed by atoms with E-state index in [0.717, 1.165) is 103 Å². The number of carbonyl (C=O) groups excluding carboxylic acids is 2. The highest BCUT2D eigenvalue weighted by molar-refractivity contribution is 7.47. The van der Waals surface area contributed by atoms with Crippen molar-refractivity contribution in [2.45, 2.75) is 418 Å². The minimum absolute atomic E-state index is 0.0529. The van der Waals surface area contributed by atoms with Crippen LogP contribution in [-0.4, -0.2) is 49.3 Å². The van der Waals surface area contributed by atoms with Crippen molar-refractivity contribution in [1.29, 1.82) is 0 Å². The first-order valence-electron chi connectivity index (χ1n) is 43.7. The molecule has 0 aromatic rings. The first-order valence-corrected chi connectivity index (χ1v) is 45.2. The monoisotopic (exact) mass is 1450 g/mol. The molecule has 0 amide bonds. The van der Waals surface area contributed by atoms with Gasteiger partial charge in [-0.3, -0.25) is 18.6 Å². The predicted molar refractivity (Wildman–Crippen MR) is 450 cm³/mol. The number of unbranched alkanes of at least 4 members (excludes halogenated alkanes) is 47. The molecule has 0 heterocycles. The van der Waals surface area contributed by atoms with Crippen molar-refractivity contribution in [3.05, 3.63) is 134 Å². The van der Waals surface area contributed by atoms with Crippen LogP contribution in [0.2, 0.25) is 0 Å². The van der Waals surface area contributed by atoms with Gasteiger partial charge in [-0.2, -0.15) is 0 Å². The number of hydrogen-bond donors (Lipinski definition) is 2. The quantitative estimate of drug-likeness (QED) is 0.0264. The van der Waals surface area contributed by atoms with Crippen LogP contribution < -0.4 is 5.73 Å². The van der Waals surface area contributed by atoms with Crippen LogP contribution in [0.4, 0.5) is 0 Å². The van der Waals surface area contributed by atoms with E-state index in [2.05, 4.69) is 148 Å². The topological polar surface area (TPSA) is 134 Å². The number of nitrogens with two attached hydrogens (primary N) is 1. The third kappa shape index (κ3) is 87.0. The van der Waals surface area contributed by atoms with Crippen molar-refractivity contribution < 1.29 is 37.6 Å². The van der Waals surface area contributed by atoms with Crippen LogP contribution in [-0.2, 0) is 32.7 Å². The van der Waals surface area contributed by atoms with Gasteiger partial charge >= 0.3 is 19.8 Å². The Morgan fingerprint density at radius 2 is 0.505 bits per heavy atom. The molecule has 0 aromatic heterocycles. The summed E-state index contributed by atoms with van der Waals surface area (Å²) in [5.74, 6) is -0.808. The maximum Gasteiger partial charge on any atom is 0.472 e. The minimum atomic E-state index is -4.40. The summed E-state index contributed by atoms with van der Waals surface area (Å²) in [6.07, 6.45) is 125. The van der Waals surface area contributed by atoms with Gasteiger partial charge in [0.05, 0.1) is 13.2 Å².